The smallest absolute Gasteiger partial charge is 0.0777 e. The molecule has 0 radical (unpaired) electrons. The molecule has 1 heterocycles. The van der Waals surface area contributed by atoms with Gasteiger partial charge in [-0.3, -0.25) is 0 Å². The topological polar surface area (TPSA) is 24.5 Å². The molecular formula is C17H27ClN2O. The minimum absolute atomic E-state index is 0.0117. The standard InChI is InChI=1S/C17H27ClN2O/c1-17(21-3)10-6-11-20(13-17)12-9-16(19-2)14-7-4-5-8-15(14)18/h4-5,7-8,16,19H,6,9-13H2,1-3H3. The summed E-state index contributed by atoms with van der Waals surface area (Å²) in [5, 5.41) is 4.24. The zero-order valence-corrected chi connectivity index (χ0v) is 14.1. The van der Waals surface area contributed by atoms with Crippen molar-refractivity contribution >= 4 is 11.6 Å². The number of benzene rings is 1. The van der Waals surface area contributed by atoms with Crippen LogP contribution < -0.4 is 5.32 Å². The van der Waals surface area contributed by atoms with Crippen LogP contribution in [0.25, 0.3) is 0 Å². The summed E-state index contributed by atoms with van der Waals surface area (Å²) in [4.78, 5) is 2.51. The third kappa shape index (κ3) is 4.43. The van der Waals surface area contributed by atoms with Crippen molar-refractivity contribution in [2.24, 2.45) is 0 Å². The lowest BCUT2D eigenvalue weighted by atomic mass is 9.94. The van der Waals surface area contributed by atoms with Gasteiger partial charge in [-0.2, -0.15) is 0 Å². The van der Waals surface area contributed by atoms with Gasteiger partial charge in [0.25, 0.3) is 0 Å². The van der Waals surface area contributed by atoms with Crippen molar-refractivity contribution in [2.75, 3.05) is 33.8 Å². The molecular weight excluding hydrogens is 284 g/mol. The second-order valence-electron chi connectivity index (χ2n) is 6.19. The first-order valence-corrected chi connectivity index (χ1v) is 8.15. The Labute approximate surface area is 133 Å². The normalized spacial score (nSPS) is 25.0. The molecule has 0 bridgehead atoms. The Morgan fingerprint density at radius 3 is 2.86 bits per heavy atom. The lowest BCUT2D eigenvalue weighted by Crippen LogP contribution is -2.47. The Bertz CT molecular complexity index is 454. The summed E-state index contributed by atoms with van der Waals surface area (Å²) in [6, 6.07) is 8.40. The first-order chi connectivity index (χ1) is 10.1. The van der Waals surface area contributed by atoms with Crippen LogP contribution in [-0.4, -0.2) is 44.3 Å². The fraction of sp³-hybridized carbons (Fsp3) is 0.647. The fourth-order valence-electron chi connectivity index (χ4n) is 3.19. The molecule has 1 aromatic rings. The molecule has 1 aliphatic heterocycles. The van der Waals surface area contributed by atoms with Gasteiger partial charge < -0.3 is 15.0 Å². The van der Waals surface area contributed by atoms with Crippen LogP contribution in [0.5, 0.6) is 0 Å². The summed E-state index contributed by atoms with van der Waals surface area (Å²) < 4.78 is 5.67. The predicted octanol–water partition coefficient (Wildman–Crippen LogP) is 3.49. The van der Waals surface area contributed by atoms with Gasteiger partial charge in [-0.25, -0.2) is 0 Å². The van der Waals surface area contributed by atoms with Crippen molar-refractivity contribution in [3.05, 3.63) is 34.9 Å². The number of halogens is 1. The SMILES string of the molecule is CNC(CCN1CCCC(C)(OC)C1)c1ccccc1Cl. The van der Waals surface area contributed by atoms with Gasteiger partial charge >= 0.3 is 0 Å². The number of nitrogens with one attached hydrogen (secondary N) is 1. The Morgan fingerprint density at radius 2 is 2.19 bits per heavy atom. The molecule has 0 aliphatic carbocycles. The summed E-state index contributed by atoms with van der Waals surface area (Å²) in [7, 11) is 3.83. The number of nitrogens with zero attached hydrogens (tertiary/aromatic N) is 1. The number of hydrogen-bond donors (Lipinski definition) is 1. The zero-order chi connectivity index (χ0) is 15.3. The van der Waals surface area contributed by atoms with Gasteiger partial charge in [0.15, 0.2) is 0 Å². The van der Waals surface area contributed by atoms with Gasteiger partial charge in [0.2, 0.25) is 0 Å². The number of piperidine rings is 1. The van der Waals surface area contributed by atoms with Crippen LogP contribution in [0, 0.1) is 0 Å². The molecule has 1 saturated heterocycles. The van der Waals surface area contributed by atoms with E-state index >= 15 is 0 Å². The molecule has 0 amide bonds. The van der Waals surface area contributed by atoms with E-state index < -0.39 is 0 Å². The molecule has 2 atom stereocenters. The van der Waals surface area contributed by atoms with Crippen LogP contribution in [0.3, 0.4) is 0 Å². The molecule has 1 N–H and O–H groups in total. The minimum Gasteiger partial charge on any atom is -0.377 e. The van der Waals surface area contributed by atoms with Crippen LogP contribution in [-0.2, 0) is 4.74 Å². The highest BCUT2D eigenvalue weighted by molar-refractivity contribution is 6.31. The number of methoxy groups -OCH3 is 1. The van der Waals surface area contributed by atoms with E-state index in [1.165, 1.54) is 12.0 Å². The van der Waals surface area contributed by atoms with Crippen LogP contribution >= 0.6 is 11.6 Å². The zero-order valence-electron chi connectivity index (χ0n) is 13.4. The first kappa shape index (κ1) is 16.8. The van der Waals surface area contributed by atoms with Crippen molar-refractivity contribution in [2.45, 2.75) is 37.8 Å². The van der Waals surface area contributed by atoms with E-state index in [0.717, 1.165) is 37.5 Å². The van der Waals surface area contributed by atoms with Gasteiger partial charge in [0, 0.05) is 31.3 Å². The Kier molecular flexibility index (Phi) is 6.06. The van der Waals surface area contributed by atoms with E-state index in [1.807, 2.05) is 26.3 Å². The van der Waals surface area contributed by atoms with Crippen LogP contribution in [0.2, 0.25) is 5.02 Å². The van der Waals surface area contributed by atoms with Crippen LogP contribution in [0.4, 0.5) is 0 Å². The van der Waals surface area contributed by atoms with E-state index in [4.69, 9.17) is 16.3 Å². The van der Waals surface area contributed by atoms with E-state index in [0.29, 0.717) is 6.04 Å². The molecule has 21 heavy (non-hydrogen) atoms. The van der Waals surface area contributed by atoms with Crippen molar-refractivity contribution in [3.63, 3.8) is 0 Å². The van der Waals surface area contributed by atoms with E-state index in [1.54, 1.807) is 0 Å². The second-order valence-corrected chi connectivity index (χ2v) is 6.59. The van der Waals surface area contributed by atoms with Crippen LogP contribution in [0.15, 0.2) is 24.3 Å². The van der Waals surface area contributed by atoms with Crippen molar-refractivity contribution in [3.8, 4) is 0 Å². The predicted molar refractivity (Wildman–Crippen MR) is 89.0 cm³/mol. The monoisotopic (exact) mass is 310 g/mol. The Hall–Kier alpha value is -0.610. The third-order valence-corrected chi connectivity index (χ3v) is 4.94. The van der Waals surface area contributed by atoms with E-state index in [9.17, 15) is 0 Å². The maximum atomic E-state index is 6.31. The summed E-state index contributed by atoms with van der Waals surface area (Å²) in [6.07, 6.45) is 3.42. The third-order valence-electron chi connectivity index (χ3n) is 4.59. The summed E-state index contributed by atoms with van der Waals surface area (Å²) in [5.41, 5.74) is 1.20. The molecule has 2 rings (SSSR count). The molecule has 1 aliphatic rings. The molecule has 0 spiro atoms. The highest BCUT2D eigenvalue weighted by Crippen LogP contribution is 2.27. The van der Waals surface area contributed by atoms with Gasteiger partial charge in [0.1, 0.15) is 0 Å². The lowest BCUT2D eigenvalue weighted by molar-refractivity contribution is -0.0511. The highest BCUT2D eigenvalue weighted by atomic mass is 35.5. The van der Waals surface area contributed by atoms with Crippen molar-refractivity contribution < 1.29 is 4.74 Å². The summed E-state index contributed by atoms with van der Waals surface area (Å²) in [5.74, 6) is 0. The largest absolute Gasteiger partial charge is 0.377 e. The maximum absolute atomic E-state index is 6.31. The van der Waals surface area contributed by atoms with Gasteiger partial charge in [-0.05, 0) is 51.4 Å². The molecule has 0 saturated carbocycles. The molecule has 4 heteroatoms. The highest BCUT2D eigenvalue weighted by Gasteiger charge is 2.30. The lowest BCUT2D eigenvalue weighted by Gasteiger charge is -2.40. The number of rotatable bonds is 6. The van der Waals surface area contributed by atoms with Gasteiger partial charge in [-0.1, -0.05) is 29.8 Å². The quantitative estimate of drug-likeness (QED) is 0.870. The molecule has 0 aromatic heterocycles. The van der Waals surface area contributed by atoms with Crippen LogP contribution in [0.1, 0.15) is 37.8 Å². The summed E-state index contributed by atoms with van der Waals surface area (Å²) >= 11 is 6.31. The van der Waals surface area contributed by atoms with Crippen molar-refractivity contribution in [1.82, 2.24) is 10.2 Å². The number of ether oxygens (including phenoxy) is 1. The molecule has 1 fully saturated rings. The molecule has 1 aromatic carbocycles. The van der Waals surface area contributed by atoms with E-state index in [2.05, 4.69) is 29.3 Å². The number of hydrogen-bond acceptors (Lipinski definition) is 3. The average Bonchev–Trinajstić information content (AvgIpc) is 2.50. The fourth-order valence-corrected chi connectivity index (χ4v) is 3.46. The van der Waals surface area contributed by atoms with Crippen molar-refractivity contribution in [1.29, 1.82) is 0 Å². The average molecular weight is 311 g/mol. The minimum atomic E-state index is 0.0117. The number of likely N-dealkylation sites (tertiary alicyclic amines) is 1. The Balaban J connectivity index is 1.93. The Morgan fingerprint density at radius 1 is 1.43 bits per heavy atom. The van der Waals surface area contributed by atoms with Gasteiger partial charge in [-0.15, -0.1) is 0 Å². The first-order valence-electron chi connectivity index (χ1n) is 7.77. The molecule has 118 valence electrons. The molecule has 2 unspecified atom stereocenters. The molecule has 3 nitrogen and oxygen atoms in total. The van der Waals surface area contributed by atoms with Gasteiger partial charge in [0.05, 0.1) is 5.60 Å². The summed E-state index contributed by atoms with van der Waals surface area (Å²) in [6.45, 7) is 5.46. The van der Waals surface area contributed by atoms with E-state index in [-0.39, 0.29) is 5.60 Å². The second kappa shape index (κ2) is 7.59. The maximum Gasteiger partial charge on any atom is 0.0777 e.